The smallest absolute Gasteiger partial charge is 0.345 e. The number of aromatic nitrogens is 1. The van der Waals surface area contributed by atoms with Crippen LogP contribution in [0.1, 0.15) is 26.3 Å². The molecule has 2 heterocycles. The van der Waals surface area contributed by atoms with Gasteiger partial charge in [0, 0.05) is 35.8 Å². The van der Waals surface area contributed by atoms with Crippen LogP contribution in [0.25, 0.3) is 17.0 Å². The number of rotatable bonds is 3. The van der Waals surface area contributed by atoms with E-state index in [0.29, 0.717) is 16.3 Å². The number of benzene rings is 3. The molecule has 5 nitrogen and oxygen atoms in total. The van der Waals surface area contributed by atoms with Gasteiger partial charge in [0.15, 0.2) is 5.76 Å². The molecule has 31 heavy (non-hydrogen) atoms. The van der Waals surface area contributed by atoms with Gasteiger partial charge >= 0.3 is 5.97 Å². The van der Waals surface area contributed by atoms with Crippen molar-refractivity contribution < 1.29 is 19.1 Å². The first-order valence-electron chi connectivity index (χ1n) is 9.60. The lowest BCUT2D eigenvalue weighted by Gasteiger charge is -2.06. The van der Waals surface area contributed by atoms with E-state index in [4.69, 9.17) is 21.1 Å². The van der Waals surface area contributed by atoms with Crippen molar-refractivity contribution >= 4 is 40.3 Å². The second-order valence-electron chi connectivity index (χ2n) is 7.18. The van der Waals surface area contributed by atoms with Crippen LogP contribution >= 0.6 is 11.6 Å². The monoisotopic (exact) mass is 429 g/mol. The first-order chi connectivity index (χ1) is 15.0. The fourth-order valence-electron chi connectivity index (χ4n) is 3.65. The molecule has 0 fully saturated rings. The largest absolute Gasteiger partial charge is 0.452 e. The van der Waals surface area contributed by atoms with Crippen LogP contribution in [-0.2, 0) is 7.05 Å². The van der Waals surface area contributed by atoms with E-state index in [9.17, 15) is 9.59 Å². The Morgan fingerprint density at radius 1 is 1.06 bits per heavy atom. The minimum absolute atomic E-state index is 0.216. The topological polar surface area (TPSA) is 57.5 Å². The van der Waals surface area contributed by atoms with E-state index in [-0.39, 0.29) is 22.9 Å². The van der Waals surface area contributed by atoms with Crippen molar-refractivity contribution in [3.63, 3.8) is 0 Å². The molecule has 0 aliphatic carbocycles. The van der Waals surface area contributed by atoms with E-state index in [0.717, 1.165) is 16.5 Å². The molecule has 0 radical (unpaired) electrons. The van der Waals surface area contributed by atoms with Gasteiger partial charge in [-0.05, 0) is 36.4 Å². The Kier molecular flexibility index (Phi) is 4.60. The molecule has 1 aromatic heterocycles. The normalized spacial score (nSPS) is 14.0. The summed E-state index contributed by atoms with van der Waals surface area (Å²) < 4.78 is 13.2. The number of ether oxygens (including phenoxy) is 2. The van der Waals surface area contributed by atoms with Crippen molar-refractivity contribution in [1.82, 2.24) is 4.57 Å². The van der Waals surface area contributed by atoms with Gasteiger partial charge in [0.2, 0.25) is 5.78 Å². The molecular weight excluding hydrogens is 414 g/mol. The Morgan fingerprint density at radius 2 is 1.84 bits per heavy atom. The van der Waals surface area contributed by atoms with Crippen LogP contribution in [0.4, 0.5) is 0 Å². The maximum atomic E-state index is 12.8. The van der Waals surface area contributed by atoms with Gasteiger partial charge in [-0.2, -0.15) is 0 Å². The average molecular weight is 430 g/mol. The molecule has 0 N–H and O–H groups in total. The maximum absolute atomic E-state index is 12.8. The molecule has 6 heteroatoms. The lowest BCUT2D eigenvalue weighted by molar-refractivity contribution is 0.0734. The number of carbonyl (C=O) groups excluding carboxylic acids is 2. The fourth-order valence-corrected chi connectivity index (χ4v) is 3.86. The van der Waals surface area contributed by atoms with Gasteiger partial charge in [0.25, 0.3) is 0 Å². The predicted octanol–water partition coefficient (Wildman–Crippen LogP) is 5.67. The average Bonchev–Trinajstić information content (AvgIpc) is 3.25. The van der Waals surface area contributed by atoms with Crippen LogP contribution in [-0.4, -0.2) is 16.3 Å². The second kappa shape index (κ2) is 7.45. The lowest BCUT2D eigenvalue weighted by Crippen LogP contribution is -2.09. The Labute approximate surface area is 183 Å². The SMILES string of the molecule is Cn1cc(/C=C2/Oc3cc(OC(=O)c4ccccc4Cl)ccc3C2=O)c2ccccc21. The van der Waals surface area contributed by atoms with E-state index < -0.39 is 5.97 Å². The number of allylic oxidation sites excluding steroid dienone is 1. The predicted molar refractivity (Wildman–Crippen MR) is 119 cm³/mol. The van der Waals surface area contributed by atoms with E-state index >= 15 is 0 Å². The lowest BCUT2D eigenvalue weighted by atomic mass is 10.1. The molecule has 0 amide bonds. The molecule has 0 bridgehead atoms. The molecule has 0 saturated heterocycles. The highest BCUT2D eigenvalue weighted by molar-refractivity contribution is 6.33. The zero-order valence-electron chi connectivity index (χ0n) is 16.5. The maximum Gasteiger partial charge on any atom is 0.345 e. The quantitative estimate of drug-likeness (QED) is 0.239. The van der Waals surface area contributed by atoms with Crippen LogP contribution in [0, 0.1) is 0 Å². The van der Waals surface area contributed by atoms with Gasteiger partial charge < -0.3 is 14.0 Å². The highest BCUT2D eigenvalue weighted by Gasteiger charge is 2.28. The van der Waals surface area contributed by atoms with Crippen molar-refractivity contribution in [3.8, 4) is 11.5 Å². The number of ketones is 1. The van der Waals surface area contributed by atoms with E-state index in [1.165, 1.54) is 6.07 Å². The van der Waals surface area contributed by atoms with Gasteiger partial charge in [0.05, 0.1) is 16.1 Å². The number of Topliss-reactive ketones (excluding diaryl/α,β-unsaturated/α-hetero) is 1. The Bertz CT molecular complexity index is 1400. The van der Waals surface area contributed by atoms with Crippen LogP contribution in [0.3, 0.4) is 0 Å². The number of para-hydroxylation sites is 1. The third-order valence-corrected chi connectivity index (χ3v) is 5.49. The first-order valence-corrected chi connectivity index (χ1v) is 9.98. The number of aryl methyl sites for hydroxylation is 1. The van der Waals surface area contributed by atoms with Crippen LogP contribution in [0.15, 0.2) is 78.7 Å². The van der Waals surface area contributed by atoms with E-state index in [1.807, 2.05) is 42.1 Å². The summed E-state index contributed by atoms with van der Waals surface area (Å²) in [6, 6.07) is 19.3. The van der Waals surface area contributed by atoms with Crippen molar-refractivity contribution in [3.05, 3.63) is 100 Å². The molecule has 1 aliphatic heterocycles. The van der Waals surface area contributed by atoms with Crippen LogP contribution in [0.2, 0.25) is 5.02 Å². The summed E-state index contributed by atoms with van der Waals surface area (Å²) in [4.78, 5) is 25.2. The molecule has 3 aromatic carbocycles. The molecule has 152 valence electrons. The molecule has 4 aromatic rings. The molecule has 0 saturated carbocycles. The van der Waals surface area contributed by atoms with Crippen molar-refractivity contribution in [1.29, 1.82) is 0 Å². The standard InChI is InChI=1S/C25H16ClNO4/c1-27-14-15(17-6-3-5-9-21(17)27)12-23-24(28)19-11-10-16(13-22(19)31-23)30-25(29)18-7-2-4-8-20(18)26/h2-14H,1H3/b23-12+. The van der Waals surface area contributed by atoms with Gasteiger partial charge in [-0.1, -0.05) is 41.9 Å². The first kappa shape index (κ1) is 19.2. The minimum atomic E-state index is -0.582. The third-order valence-electron chi connectivity index (χ3n) is 5.16. The number of halogens is 1. The minimum Gasteiger partial charge on any atom is -0.452 e. The summed E-state index contributed by atoms with van der Waals surface area (Å²) in [6.45, 7) is 0. The Morgan fingerprint density at radius 3 is 2.68 bits per heavy atom. The summed E-state index contributed by atoms with van der Waals surface area (Å²) >= 11 is 6.06. The molecule has 0 atom stereocenters. The molecule has 5 rings (SSSR count). The molecule has 1 aliphatic rings. The summed E-state index contributed by atoms with van der Waals surface area (Å²) in [5.74, 6) is 0.0399. The number of carbonyl (C=O) groups is 2. The van der Waals surface area contributed by atoms with Crippen LogP contribution in [0.5, 0.6) is 11.5 Å². The van der Waals surface area contributed by atoms with Gasteiger partial charge in [-0.3, -0.25) is 4.79 Å². The van der Waals surface area contributed by atoms with Crippen molar-refractivity contribution in [2.45, 2.75) is 0 Å². The van der Waals surface area contributed by atoms with Gasteiger partial charge in [-0.25, -0.2) is 4.79 Å². The van der Waals surface area contributed by atoms with E-state index in [1.54, 1.807) is 42.5 Å². The molecular formula is C25H16ClNO4. The van der Waals surface area contributed by atoms with Crippen LogP contribution < -0.4 is 9.47 Å². The second-order valence-corrected chi connectivity index (χ2v) is 7.59. The van der Waals surface area contributed by atoms with Crippen molar-refractivity contribution in [2.24, 2.45) is 7.05 Å². The third kappa shape index (κ3) is 3.39. The number of nitrogens with zero attached hydrogens (tertiary/aromatic N) is 1. The molecule has 0 spiro atoms. The van der Waals surface area contributed by atoms with Gasteiger partial charge in [-0.15, -0.1) is 0 Å². The summed E-state index contributed by atoms with van der Waals surface area (Å²) in [5.41, 5.74) is 2.63. The zero-order chi connectivity index (χ0) is 21.5. The van der Waals surface area contributed by atoms with Gasteiger partial charge in [0.1, 0.15) is 11.5 Å². The molecule has 0 unspecified atom stereocenters. The fraction of sp³-hybridized carbons (Fsp3) is 0.0400. The van der Waals surface area contributed by atoms with Crippen molar-refractivity contribution in [2.75, 3.05) is 0 Å². The Hall–Kier alpha value is -3.83. The number of hydrogen-bond acceptors (Lipinski definition) is 4. The Balaban J connectivity index is 1.43. The number of fused-ring (bicyclic) bond motifs is 2. The number of hydrogen-bond donors (Lipinski definition) is 0. The summed E-state index contributed by atoms with van der Waals surface area (Å²) in [7, 11) is 1.95. The highest BCUT2D eigenvalue weighted by Crippen LogP contribution is 2.36. The summed E-state index contributed by atoms with van der Waals surface area (Å²) in [6.07, 6.45) is 3.69. The number of esters is 1. The summed E-state index contributed by atoms with van der Waals surface area (Å²) in [5, 5.41) is 1.33. The highest BCUT2D eigenvalue weighted by atomic mass is 35.5. The zero-order valence-corrected chi connectivity index (χ0v) is 17.2. The van der Waals surface area contributed by atoms with E-state index in [2.05, 4.69) is 0 Å².